The Morgan fingerprint density at radius 1 is 1.15 bits per heavy atom. The van der Waals surface area contributed by atoms with Gasteiger partial charge in [-0.05, 0) is 20.8 Å². The van der Waals surface area contributed by atoms with Crippen molar-refractivity contribution in [2.24, 2.45) is 0 Å². The Morgan fingerprint density at radius 3 is 1.92 bits per heavy atom. The number of halogens is 5. The second kappa shape index (κ2) is 7.84. The molecule has 0 saturated heterocycles. The van der Waals surface area contributed by atoms with Crippen LogP contribution in [0, 0.1) is 0 Å². The molecule has 0 aromatic rings. The van der Waals surface area contributed by atoms with Crippen LogP contribution >= 0.6 is 0 Å². The van der Waals surface area contributed by atoms with E-state index in [9.17, 15) is 44.5 Å². The number of hydrogen-bond acceptors (Lipinski definition) is 8. The summed E-state index contributed by atoms with van der Waals surface area (Å²) in [5.41, 5.74) is -0.678. The molecule has 0 amide bonds. The fourth-order valence-electron chi connectivity index (χ4n) is 1.15. The lowest BCUT2D eigenvalue weighted by atomic mass is 10.2. The van der Waals surface area contributed by atoms with E-state index in [1.54, 1.807) is 0 Å². The normalized spacial score (nSPS) is 15.3. The van der Waals surface area contributed by atoms with E-state index in [0.717, 1.165) is 20.8 Å². The van der Waals surface area contributed by atoms with E-state index in [1.165, 1.54) is 0 Å². The van der Waals surface area contributed by atoms with Gasteiger partial charge in [0, 0.05) is 5.57 Å². The highest BCUT2D eigenvalue weighted by Gasteiger charge is 2.69. The predicted octanol–water partition coefficient (Wildman–Crippen LogP) is 1.47. The number of hydrogen-bond donors (Lipinski definition) is 0. The first-order valence-corrected chi connectivity index (χ1v) is 7.92. The Labute approximate surface area is 144 Å². The first-order valence-electron chi connectivity index (χ1n) is 6.51. The van der Waals surface area contributed by atoms with Crippen LogP contribution in [0.3, 0.4) is 0 Å². The SMILES string of the molecule is C=C(C)C(=O)OC(OCC(F)(F)S(=O)(=O)[O-])(C(=O)OC(C)C)C(F)(F)F. The topological polar surface area (TPSA) is 119 Å². The molecule has 0 radical (unpaired) electrons. The van der Waals surface area contributed by atoms with Gasteiger partial charge < -0.3 is 18.8 Å². The fourth-order valence-corrected chi connectivity index (χ4v) is 1.36. The molecule has 0 bridgehead atoms. The smallest absolute Gasteiger partial charge is 0.468 e. The van der Waals surface area contributed by atoms with Gasteiger partial charge in [0.1, 0.15) is 6.61 Å². The van der Waals surface area contributed by atoms with Crippen LogP contribution in [0.1, 0.15) is 20.8 Å². The third-order valence-electron chi connectivity index (χ3n) is 2.38. The molecule has 1 unspecified atom stereocenters. The molecule has 0 saturated carbocycles. The van der Waals surface area contributed by atoms with Crippen molar-refractivity contribution in [3.63, 3.8) is 0 Å². The first-order chi connectivity index (χ1) is 11.4. The molecule has 0 N–H and O–H groups in total. The monoisotopic (exact) mass is 413 g/mol. The Hall–Kier alpha value is -1.80. The highest BCUT2D eigenvalue weighted by Crippen LogP contribution is 2.38. The van der Waals surface area contributed by atoms with Gasteiger partial charge >= 0.3 is 29.2 Å². The molecule has 0 rings (SSSR count). The van der Waals surface area contributed by atoms with Gasteiger partial charge in [-0.1, -0.05) is 6.58 Å². The molecule has 14 heteroatoms. The van der Waals surface area contributed by atoms with E-state index >= 15 is 0 Å². The van der Waals surface area contributed by atoms with Gasteiger partial charge in [0.15, 0.2) is 10.1 Å². The minimum Gasteiger partial charge on any atom is -0.743 e. The van der Waals surface area contributed by atoms with Crippen LogP contribution in [0.25, 0.3) is 0 Å². The van der Waals surface area contributed by atoms with Gasteiger partial charge in [-0.3, -0.25) is 0 Å². The third kappa shape index (κ3) is 5.60. The minimum absolute atomic E-state index is 0.678. The van der Waals surface area contributed by atoms with Crippen molar-refractivity contribution in [3.8, 4) is 0 Å². The first kappa shape index (κ1) is 24.2. The summed E-state index contributed by atoms with van der Waals surface area (Å²) in [4.78, 5) is 23.2. The van der Waals surface area contributed by atoms with E-state index < -0.39 is 57.6 Å². The summed E-state index contributed by atoms with van der Waals surface area (Å²) < 4.78 is 109. The molecule has 26 heavy (non-hydrogen) atoms. The average molecular weight is 413 g/mol. The van der Waals surface area contributed by atoms with Crippen LogP contribution in [-0.4, -0.2) is 54.8 Å². The Bertz CT molecular complexity index is 670. The van der Waals surface area contributed by atoms with Crippen molar-refractivity contribution >= 4 is 22.1 Å². The van der Waals surface area contributed by atoms with Crippen LogP contribution in [0.4, 0.5) is 22.0 Å². The van der Waals surface area contributed by atoms with Crippen molar-refractivity contribution in [1.82, 2.24) is 0 Å². The summed E-state index contributed by atoms with van der Waals surface area (Å²) in [5, 5.41) is -5.36. The zero-order valence-electron chi connectivity index (χ0n) is 13.6. The summed E-state index contributed by atoms with van der Waals surface area (Å²) >= 11 is 0. The summed E-state index contributed by atoms with van der Waals surface area (Å²) in [6.07, 6.45) is -7.22. The average Bonchev–Trinajstić information content (AvgIpc) is 2.39. The maximum Gasteiger partial charge on any atom is 0.468 e. The van der Waals surface area contributed by atoms with Gasteiger partial charge in [-0.2, -0.15) is 22.0 Å². The zero-order valence-corrected chi connectivity index (χ0v) is 14.4. The lowest BCUT2D eigenvalue weighted by molar-refractivity contribution is -0.360. The molecule has 0 fully saturated rings. The Balaban J connectivity index is 6.15. The number of alkyl halides is 5. The number of ether oxygens (including phenoxy) is 3. The summed E-state index contributed by atoms with van der Waals surface area (Å²) in [6.45, 7) is 3.23. The lowest BCUT2D eigenvalue weighted by Gasteiger charge is -2.34. The van der Waals surface area contributed by atoms with Crippen molar-refractivity contribution in [3.05, 3.63) is 12.2 Å². The van der Waals surface area contributed by atoms with Gasteiger partial charge in [-0.25, -0.2) is 18.0 Å². The molecule has 0 aliphatic rings. The highest BCUT2D eigenvalue weighted by molar-refractivity contribution is 7.86. The lowest BCUT2D eigenvalue weighted by Crippen LogP contribution is -2.60. The van der Waals surface area contributed by atoms with Gasteiger partial charge in [-0.15, -0.1) is 0 Å². The van der Waals surface area contributed by atoms with Crippen LogP contribution in [0.15, 0.2) is 12.2 Å². The Morgan fingerprint density at radius 2 is 1.62 bits per heavy atom. The Kier molecular flexibility index (Phi) is 7.29. The van der Waals surface area contributed by atoms with Crippen LogP contribution in [0.2, 0.25) is 0 Å². The molecule has 0 aromatic carbocycles. The number of carbonyl (C=O) groups excluding carboxylic acids is 2. The van der Waals surface area contributed by atoms with Crippen molar-refractivity contribution in [2.75, 3.05) is 6.61 Å². The van der Waals surface area contributed by atoms with Crippen LogP contribution < -0.4 is 0 Å². The van der Waals surface area contributed by atoms with E-state index in [1.807, 2.05) is 0 Å². The van der Waals surface area contributed by atoms with Crippen molar-refractivity contribution < 1.29 is 58.7 Å². The second-order valence-electron chi connectivity index (χ2n) is 5.12. The standard InChI is InChI=1S/C12H15F5O8S/c1-6(2)8(18)25-11(12(15,16)17,9(19)24-7(3)4)23-5-10(13,14)26(20,21)22/h7H,1,5H2,2-4H3,(H,20,21,22)/p-1. The zero-order chi connectivity index (χ0) is 21.1. The summed E-state index contributed by atoms with van der Waals surface area (Å²) in [7, 11) is -6.45. The molecular formula is C12H14F5O8S-. The maximum atomic E-state index is 13.4. The molecule has 0 aliphatic heterocycles. The van der Waals surface area contributed by atoms with E-state index in [2.05, 4.69) is 20.8 Å². The maximum absolute atomic E-state index is 13.4. The molecule has 8 nitrogen and oxygen atoms in total. The molecule has 1 atom stereocenters. The fraction of sp³-hybridized carbons (Fsp3) is 0.667. The van der Waals surface area contributed by atoms with Crippen LogP contribution in [-0.2, 0) is 33.9 Å². The number of rotatable bonds is 8. The van der Waals surface area contributed by atoms with Crippen molar-refractivity contribution in [2.45, 2.75) is 44.1 Å². The third-order valence-corrected chi connectivity index (χ3v) is 3.23. The largest absolute Gasteiger partial charge is 0.743 e. The van der Waals surface area contributed by atoms with Crippen molar-refractivity contribution in [1.29, 1.82) is 0 Å². The van der Waals surface area contributed by atoms with Gasteiger partial charge in [0.25, 0.3) is 0 Å². The van der Waals surface area contributed by atoms with E-state index in [-0.39, 0.29) is 0 Å². The molecule has 0 aromatic heterocycles. The molecular weight excluding hydrogens is 399 g/mol. The highest BCUT2D eigenvalue weighted by atomic mass is 32.2. The van der Waals surface area contributed by atoms with Gasteiger partial charge in [0.05, 0.1) is 6.10 Å². The number of esters is 2. The van der Waals surface area contributed by atoms with Gasteiger partial charge in [0.2, 0.25) is 0 Å². The summed E-state index contributed by atoms with van der Waals surface area (Å²) in [6, 6.07) is 0. The van der Waals surface area contributed by atoms with Crippen LogP contribution in [0.5, 0.6) is 0 Å². The van der Waals surface area contributed by atoms with E-state index in [4.69, 9.17) is 0 Å². The summed E-state index contributed by atoms with van der Waals surface area (Å²) in [5.74, 6) is -9.09. The predicted molar refractivity (Wildman–Crippen MR) is 71.5 cm³/mol. The molecule has 152 valence electrons. The molecule has 0 spiro atoms. The second-order valence-corrected chi connectivity index (χ2v) is 6.62. The quantitative estimate of drug-likeness (QED) is 0.193. The van der Waals surface area contributed by atoms with E-state index in [0.29, 0.717) is 0 Å². The molecule has 0 heterocycles. The minimum atomic E-state index is -6.45. The number of carbonyl (C=O) groups is 2. The molecule has 0 aliphatic carbocycles.